The SMILES string of the molecule is COc1ccc(CCNC(=O)C(=O)N/N=C\c2c(Cl)cccc2Cl)cc1OC. The van der Waals surface area contributed by atoms with Crippen molar-refractivity contribution in [2.75, 3.05) is 20.8 Å². The molecule has 0 radical (unpaired) electrons. The molecule has 2 N–H and O–H groups in total. The van der Waals surface area contributed by atoms with Gasteiger partial charge in [-0.2, -0.15) is 5.10 Å². The molecule has 0 saturated heterocycles. The van der Waals surface area contributed by atoms with E-state index in [0.717, 1.165) is 5.56 Å². The van der Waals surface area contributed by atoms with Gasteiger partial charge in [0.15, 0.2) is 11.5 Å². The number of halogens is 2. The number of hydrogen-bond acceptors (Lipinski definition) is 5. The number of rotatable bonds is 7. The van der Waals surface area contributed by atoms with Crippen molar-refractivity contribution >= 4 is 41.2 Å². The smallest absolute Gasteiger partial charge is 0.329 e. The summed E-state index contributed by atoms with van der Waals surface area (Å²) in [5.41, 5.74) is 3.50. The predicted octanol–water partition coefficient (Wildman–Crippen LogP) is 2.82. The van der Waals surface area contributed by atoms with Gasteiger partial charge in [0.25, 0.3) is 0 Å². The Hall–Kier alpha value is -2.77. The Balaban J connectivity index is 1.83. The summed E-state index contributed by atoms with van der Waals surface area (Å²) in [4.78, 5) is 23.6. The molecule has 0 heterocycles. The minimum atomic E-state index is -0.897. The summed E-state index contributed by atoms with van der Waals surface area (Å²) >= 11 is 12.0. The number of nitrogens with zero attached hydrogens (tertiary/aromatic N) is 1. The maximum atomic E-state index is 11.8. The van der Waals surface area contributed by atoms with Crippen molar-refractivity contribution in [2.24, 2.45) is 5.10 Å². The molecular formula is C19H19Cl2N3O4. The lowest BCUT2D eigenvalue weighted by Gasteiger charge is -2.10. The van der Waals surface area contributed by atoms with Gasteiger partial charge in [0.1, 0.15) is 0 Å². The molecule has 0 fully saturated rings. The fraction of sp³-hybridized carbons (Fsp3) is 0.211. The number of carbonyl (C=O) groups excluding carboxylic acids is 2. The van der Waals surface area contributed by atoms with Crippen LogP contribution in [0.25, 0.3) is 0 Å². The van der Waals surface area contributed by atoms with Crippen molar-refractivity contribution in [3.8, 4) is 11.5 Å². The molecule has 0 aliphatic heterocycles. The van der Waals surface area contributed by atoms with Crippen molar-refractivity contribution in [3.05, 3.63) is 57.6 Å². The number of methoxy groups -OCH3 is 2. The van der Waals surface area contributed by atoms with E-state index >= 15 is 0 Å². The first kappa shape index (κ1) is 21.5. The van der Waals surface area contributed by atoms with Gasteiger partial charge in [0.2, 0.25) is 0 Å². The molecule has 0 bridgehead atoms. The number of carbonyl (C=O) groups is 2. The second kappa shape index (κ2) is 10.5. The fourth-order valence-electron chi connectivity index (χ4n) is 2.28. The number of hydrazone groups is 1. The normalized spacial score (nSPS) is 10.6. The van der Waals surface area contributed by atoms with Crippen LogP contribution in [0.5, 0.6) is 11.5 Å². The predicted molar refractivity (Wildman–Crippen MR) is 108 cm³/mol. The van der Waals surface area contributed by atoms with E-state index < -0.39 is 11.8 Å². The van der Waals surface area contributed by atoms with Gasteiger partial charge in [-0.05, 0) is 36.2 Å². The van der Waals surface area contributed by atoms with Gasteiger partial charge in [0, 0.05) is 12.1 Å². The van der Waals surface area contributed by atoms with E-state index in [4.69, 9.17) is 32.7 Å². The second-order valence-corrected chi connectivity index (χ2v) is 6.34. The lowest BCUT2D eigenvalue weighted by Crippen LogP contribution is -2.38. The highest BCUT2D eigenvalue weighted by atomic mass is 35.5. The highest BCUT2D eigenvalue weighted by Crippen LogP contribution is 2.27. The molecule has 0 aliphatic carbocycles. The number of nitrogens with one attached hydrogen (secondary N) is 2. The lowest BCUT2D eigenvalue weighted by molar-refractivity contribution is -0.139. The first-order chi connectivity index (χ1) is 13.5. The summed E-state index contributed by atoms with van der Waals surface area (Å²) in [6, 6.07) is 10.4. The van der Waals surface area contributed by atoms with Crippen LogP contribution in [0.15, 0.2) is 41.5 Å². The van der Waals surface area contributed by atoms with Crippen LogP contribution in [-0.4, -0.2) is 38.8 Å². The van der Waals surface area contributed by atoms with Gasteiger partial charge in [0.05, 0.1) is 30.5 Å². The third-order valence-electron chi connectivity index (χ3n) is 3.71. The summed E-state index contributed by atoms with van der Waals surface area (Å²) < 4.78 is 10.4. The third kappa shape index (κ3) is 5.87. The fourth-order valence-corrected chi connectivity index (χ4v) is 2.77. The molecule has 0 aromatic heterocycles. The zero-order chi connectivity index (χ0) is 20.5. The van der Waals surface area contributed by atoms with Gasteiger partial charge in [-0.25, -0.2) is 5.43 Å². The maximum Gasteiger partial charge on any atom is 0.329 e. The highest BCUT2D eigenvalue weighted by molar-refractivity contribution is 6.38. The average molecular weight is 424 g/mol. The first-order valence-electron chi connectivity index (χ1n) is 8.22. The molecule has 0 aliphatic rings. The standard InChI is InChI=1S/C19H19Cl2N3O4/c1-27-16-7-6-12(10-17(16)28-2)8-9-22-18(25)19(26)24-23-11-13-14(20)4-3-5-15(13)21/h3-7,10-11H,8-9H2,1-2H3,(H,22,25)(H,24,26)/b23-11-. The van der Waals surface area contributed by atoms with Gasteiger partial charge < -0.3 is 14.8 Å². The topological polar surface area (TPSA) is 89.0 Å². The van der Waals surface area contributed by atoms with Crippen molar-refractivity contribution < 1.29 is 19.1 Å². The van der Waals surface area contributed by atoms with E-state index in [1.54, 1.807) is 38.5 Å². The molecule has 2 amide bonds. The number of amides is 2. The number of benzene rings is 2. The van der Waals surface area contributed by atoms with Gasteiger partial charge in [-0.3, -0.25) is 9.59 Å². The number of ether oxygens (including phenoxy) is 2. The van der Waals surface area contributed by atoms with Gasteiger partial charge >= 0.3 is 11.8 Å². The zero-order valence-corrected chi connectivity index (χ0v) is 16.8. The van der Waals surface area contributed by atoms with Crippen molar-refractivity contribution in [2.45, 2.75) is 6.42 Å². The first-order valence-corrected chi connectivity index (χ1v) is 8.98. The van der Waals surface area contributed by atoms with E-state index in [1.807, 2.05) is 12.1 Å². The molecule has 2 aromatic carbocycles. The van der Waals surface area contributed by atoms with Crippen molar-refractivity contribution in [1.29, 1.82) is 0 Å². The monoisotopic (exact) mass is 423 g/mol. The van der Waals surface area contributed by atoms with Crippen LogP contribution < -0.4 is 20.2 Å². The van der Waals surface area contributed by atoms with E-state index in [1.165, 1.54) is 6.21 Å². The molecule has 148 valence electrons. The molecule has 2 aromatic rings. The Morgan fingerprint density at radius 2 is 1.71 bits per heavy atom. The summed E-state index contributed by atoms with van der Waals surface area (Å²) in [6.07, 6.45) is 1.79. The van der Waals surface area contributed by atoms with E-state index in [2.05, 4.69) is 15.8 Å². The second-order valence-electron chi connectivity index (χ2n) is 5.53. The Kier molecular flexibility index (Phi) is 8.10. The Morgan fingerprint density at radius 1 is 1.04 bits per heavy atom. The summed E-state index contributed by atoms with van der Waals surface area (Å²) in [5, 5.41) is 6.99. The minimum absolute atomic E-state index is 0.266. The maximum absolute atomic E-state index is 11.8. The Morgan fingerprint density at radius 3 is 2.36 bits per heavy atom. The molecule has 9 heteroatoms. The minimum Gasteiger partial charge on any atom is -0.493 e. The molecule has 0 unspecified atom stereocenters. The van der Waals surface area contributed by atoms with Crippen molar-refractivity contribution in [1.82, 2.24) is 10.7 Å². The summed E-state index contributed by atoms with van der Waals surface area (Å²) in [7, 11) is 3.10. The molecular weight excluding hydrogens is 405 g/mol. The molecule has 7 nitrogen and oxygen atoms in total. The molecule has 0 spiro atoms. The summed E-state index contributed by atoms with van der Waals surface area (Å²) in [6.45, 7) is 0.266. The van der Waals surface area contributed by atoms with Gasteiger partial charge in [-0.15, -0.1) is 0 Å². The van der Waals surface area contributed by atoms with Crippen LogP contribution >= 0.6 is 23.2 Å². The molecule has 0 saturated carbocycles. The van der Waals surface area contributed by atoms with Crippen LogP contribution in [0.2, 0.25) is 10.0 Å². The highest BCUT2D eigenvalue weighted by Gasteiger charge is 2.12. The summed E-state index contributed by atoms with van der Waals surface area (Å²) in [5.74, 6) is -0.489. The van der Waals surface area contributed by atoms with Crippen LogP contribution in [0.1, 0.15) is 11.1 Å². The van der Waals surface area contributed by atoms with Crippen molar-refractivity contribution in [3.63, 3.8) is 0 Å². The van der Waals surface area contributed by atoms with Crippen LogP contribution in [0.3, 0.4) is 0 Å². The van der Waals surface area contributed by atoms with E-state index in [0.29, 0.717) is 33.5 Å². The number of hydrogen-bond donors (Lipinski definition) is 2. The van der Waals surface area contributed by atoms with Crippen LogP contribution in [-0.2, 0) is 16.0 Å². The van der Waals surface area contributed by atoms with Gasteiger partial charge in [-0.1, -0.05) is 35.3 Å². The van der Waals surface area contributed by atoms with E-state index in [9.17, 15) is 9.59 Å². The molecule has 2 rings (SSSR count). The molecule has 0 atom stereocenters. The zero-order valence-electron chi connectivity index (χ0n) is 15.3. The average Bonchev–Trinajstić information content (AvgIpc) is 2.69. The Bertz CT molecular complexity index is 867. The van der Waals surface area contributed by atoms with E-state index in [-0.39, 0.29) is 6.54 Å². The lowest BCUT2D eigenvalue weighted by atomic mass is 10.1. The van der Waals surface area contributed by atoms with Crippen LogP contribution in [0.4, 0.5) is 0 Å². The molecule has 28 heavy (non-hydrogen) atoms. The largest absolute Gasteiger partial charge is 0.493 e. The Labute approximate surface area is 172 Å². The third-order valence-corrected chi connectivity index (χ3v) is 4.37. The van der Waals surface area contributed by atoms with Crippen LogP contribution in [0, 0.1) is 0 Å². The quantitative estimate of drug-likeness (QED) is 0.407.